The van der Waals surface area contributed by atoms with Gasteiger partial charge in [-0.15, -0.1) is 0 Å². The lowest BCUT2D eigenvalue weighted by atomic mass is 9.79. The van der Waals surface area contributed by atoms with Gasteiger partial charge in [-0.05, 0) is 12.8 Å². The number of ketones is 2. The molecule has 1 rings (SSSR count). The predicted molar refractivity (Wildman–Crippen MR) is 71.6 cm³/mol. The number of hydrogen-bond donors (Lipinski definition) is 0. The molecule has 1 aliphatic carbocycles. The number of carbonyl (C=O) groups excluding carboxylic acids is 3. The maximum atomic E-state index is 12.3. The molecule has 108 valence electrons. The topological polar surface area (TPSA) is 60.4 Å². The molecule has 0 N–H and O–H groups in total. The van der Waals surface area contributed by atoms with E-state index in [4.69, 9.17) is 0 Å². The molecular weight excluding hydrogens is 244 g/mol. The van der Waals surface area contributed by atoms with Crippen LogP contribution in [0.1, 0.15) is 52.9 Å². The maximum Gasteiger partial charge on any atom is 0.316 e. The Morgan fingerprint density at radius 2 is 1.68 bits per heavy atom. The van der Waals surface area contributed by atoms with E-state index in [0.29, 0.717) is 0 Å². The molecule has 1 aliphatic rings. The molecule has 0 heterocycles. The second-order valence-corrected chi connectivity index (χ2v) is 6.34. The van der Waals surface area contributed by atoms with Gasteiger partial charge >= 0.3 is 5.97 Å². The second kappa shape index (κ2) is 6.31. The SMILES string of the molecule is COC(=O)C(CC(=O)C1CCCC1)C(=O)C(C)(C)C. The average molecular weight is 268 g/mol. The molecule has 1 unspecified atom stereocenters. The lowest BCUT2D eigenvalue weighted by Crippen LogP contribution is -2.36. The van der Waals surface area contributed by atoms with Gasteiger partial charge in [0.1, 0.15) is 11.7 Å². The van der Waals surface area contributed by atoms with E-state index < -0.39 is 17.3 Å². The van der Waals surface area contributed by atoms with E-state index in [-0.39, 0.29) is 23.9 Å². The highest BCUT2D eigenvalue weighted by atomic mass is 16.5. The Bertz CT molecular complexity index is 359. The zero-order chi connectivity index (χ0) is 14.6. The Morgan fingerprint density at radius 1 is 1.16 bits per heavy atom. The molecule has 0 aromatic rings. The fourth-order valence-electron chi connectivity index (χ4n) is 2.56. The van der Waals surface area contributed by atoms with E-state index in [1.54, 1.807) is 20.8 Å². The third-order valence-corrected chi connectivity index (χ3v) is 3.76. The highest BCUT2D eigenvalue weighted by Crippen LogP contribution is 2.30. The summed E-state index contributed by atoms with van der Waals surface area (Å²) < 4.78 is 4.68. The Hall–Kier alpha value is -1.19. The number of ether oxygens (including phenoxy) is 1. The first-order chi connectivity index (χ1) is 8.77. The van der Waals surface area contributed by atoms with Gasteiger partial charge < -0.3 is 4.74 Å². The van der Waals surface area contributed by atoms with Crippen molar-refractivity contribution in [2.45, 2.75) is 52.9 Å². The Kier molecular flexibility index (Phi) is 5.27. The number of Topliss-reactive ketones (excluding diaryl/α,β-unsaturated/α-hetero) is 2. The highest BCUT2D eigenvalue weighted by molar-refractivity contribution is 6.04. The molecule has 0 amide bonds. The number of carbonyl (C=O) groups is 3. The van der Waals surface area contributed by atoms with Crippen LogP contribution in [0.5, 0.6) is 0 Å². The number of methoxy groups -OCH3 is 1. The fourth-order valence-corrected chi connectivity index (χ4v) is 2.56. The van der Waals surface area contributed by atoms with Gasteiger partial charge in [-0.2, -0.15) is 0 Å². The van der Waals surface area contributed by atoms with Gasteiger partial charge in [0.2, 0.25) is 0 Å². The molecule has 0 bridgehead atoms. The van der Waals surface area contributed by atoms with E-state index in [1.165, 1.54) is 7.11 Å². The summed E-state index contributed by atoms with van der Waals surface area (Å²) in [4.78, 5) is 36.2. The molecule has 1 atom stereocenters. The minimum absolute atomic E-state index is 0.00650. The van der Waals surface area contributed by atoms with Crippen LogP contribution in [-0.2, 0) is 19.1 Å². The second-order valence-electron chi connectivity index (χ2n) is 6.34. The molecule has 1 saturated carbocycles. The summed E-state index contributed by atoms with van der Waals surface area (Å²) in [5.74, 6) is -1.69. The van der Waals surface area contributed by atoms with Gasteiger partial charge in [-0.25, -0.2) is 0 Å². The van der Waals surface area contributed by atoms with E-state index in [2.05, 4.69) is 4.74 Å². The fraction of sp³-hybridized carbons (Fsp3) is 0.800. The predicted octanol–water partition coefficient (Wildman–Crippen LogP) is 2.54. The molecule has 0 radical (unpaired) electrons. The molecule has 19 heavy (non-hydrogen) atoms. The van der Waals surface area contributed by atoms with Crippen molar-refractivity contribution in [1.82, 2.24) is 0 Å². The van der Waals surface area contributed by atoms with Crippen LogP contribution >= 0.6 is 0 Å². The summed E-state index contributed by atoms with van der Waals surface area (Å²) >= 11 is 0. The maximum absolute atomic E-state index is 12.3. The summed E-state index contributed by atoms with van der Waals surface area (Å²) in [6.45, 7) is 5.27. The lowest BCUT2D eigenvalue weighted by molar-refractivity contribution is -0.154. The standard InChI is InChI=1S/C15H24O4/c1-15(2,3)13(17)11(14(18)19-4)9-12(16)10-7-5-6-8-10/h10-11H,5-9H2,1-4H3. The zero-order valence-corrected chi connectivity index (χ0v) is 12.3. The van der Waals surface area contributed by atoms with Crippen molar-refractivity contribution < 1.29 is 19.1 Å². The minimum Gasteiger partial charge on any atom is -0.468 e. The first kappa shape index (κ1) is 15.9. The molecule has 0 aliphatic heterocycles. The first-order valence-corrected chi connectivity index (χ1v) is 6.92. The lowest BCUT2D eigenvalue weighted by Gasteiger charge is -2.23. The van der Waals surface area contributed by atoms with Crippen LogP contribution in [0, 0.1) is 17.3 Å². The van der Waals surface area contributed by atoms with Gasteiger partial charge in [-0.1, -0.05) is 33.6 Å². The summed E-state index contributed by atoms with van der Waals surface area (Å²) in [5.41, 5.74) is -0.644. The van der Waals surface area contributed by atoms with Gasteiger partial charge in [0, 0.05) is 17.8 Å². The molecule has 0 spiro atoms. The zero-order valence-electron chi connectivity index (χ0n) is 12.3. The van der Waals surface area contributed by atoms with E-state index in [1.807, 2.05) is 0 Å². The van der Waals surface area contributed by atoms with E-state index >= 15 is 0 Å². The quantitative estimate of drug-likeness (QED) is 0.568. The van der Waals surface area contributed by atoms with Crippen molar-refractivity contribution >= 4 is 17.5 Å². The molecular formula is C15H24O4. The highest BCUT2D eigenvalue weighted by Gasteiger charge is 2.38. The van der Waals surface area contributed by atoms with Crippen molar-refractivity contribution in [2.75, 3.05) is 7.11 Å². The summed E-state index contributed by atoms with van der Waals surface area (Å²) in [6.07, 6.45) is 3.89. The largest absolute Gasteiger partial charge is 0.468 e. The van der Waals surface area contributed by atoms with Crippen LogP contribution < -0.4 is 0 Å². The molecule has 0 aromatic heterocycles. The monoisotopic (exact) mass is 268 g/mol. The molecule has 1 fully saturated rings. The smallest absolute Gasteiger partial charge is 0.316 e. The van der Waals surface area contributed by atoms with Gasteiger partial charge in [0.25, 0.3) is 0 Å². The van der Waals surface area contributed by atoms with Crippen LogP contribution in [-0.4, -0.2) is 24.6 Å². The van der Waals surface area contributed by atoms with Gasteiger partial charge in [-0.3, -0.25) is 14.4 Å². The minimum atomic E-state index is -0.946. The third kappa shape index (κ3) is 4.15. The Morgan fingerprint density at radius 3 is 2.11 bits per heavy atom. The number of hydrogen-bond acceptors (Lipinski definition) is 4. The molecule has 0 aromatic carbocycles. The van der Waals surface area contributed by atoms with Crippen molar-refractivity contribution in [3.8, 4) is 0 Å². The van der Waals surface area contributed by atoms with E-state index in [0.717, 1.165) is 25.7 Å². The van der Waals surface area contributed by atoms with Crippen LogP contribution in [0.2, 0.25) is 0 Å². The van der Waals surface area contributed by atoms with E-state index in [9.17, 15) is 14.4 Å². The number of rotatable bonds is 5. The van der Waals surface area contributed by atoms with Crippen molar-refractivity contribution in [3.63, 3.8) is 0 Å². The van der Waals surface area contributed by atoms with Gasteiger partial charge in [0.15, 0.2) is 5.78 Å². The van der Waals surface area contributed by atoms with Crippen LogP contribution in [0.3, 0.4) is 0 Å². The van der Waals surface area contributed by atoms with Crippen LogP contribution in [0.25, 0.3) is 0 Å². The summed E-state index contributed by atoms with van der Waals surface area (Å²) in [5, 5.41) is 0. The summed E-state index contributed by atoms with van der Waals surface area (Å²) in [7, 11) is 1.26. The number of esters is 1. The third-order valence-electron chi connectivity index (χ3n) is 3.76. The van der Waals surface area contributed by atoms with Gasteiger partial charge in [0.05, 0.1) is 7.11 Å². The molecule has 4 heteroatoms. The van der Waals surface area contributed by atoms with Crippen LogP contribution in [0.15, 0.2) is 0 Å². The Balaban J connectivity index is 2.77. The Labute approximate surface area is 114 Å². The molecule has 0 saturated heterocycles. The van der Waals surface area contributed by atoms with Crippen molar-refractivity contribution in [2.24, 2.45) is 17.3 Å². The summed E-state index contributed by atoms with van der Waals surface area (Å²) in [6, 6.07) is 0. The average Bonchev–Trinajstić information content (AvgIpc) is 2.86. The molecule has 4 nitrogen and oxygen atoms in total. The first-order valence-electron chi connectivity index (χ1n) is 6.92. The van der Waals surface area contributed by atoms with Crippen molar-refractivity contribution in [1.29, 1.82) is 0 Å². The van der Waals surface area contributed by atoms with Crippen LogP contribution in [0.4, 0.5) is 0 Å². The van der Waals surface area contributed by atoms with Crippen molar-refractivity contribution in [3.05, 3.63) is 0 Å². The normalized spacial score (nSPS) is 18.1.